The van der Waals surface area contributed by atoms with Crippen molar-refractivity contribution in [3.05, 3.63) is 34.1 Å². The summed E-state index contributed by atoms with van der Waals surface area (Å²) in [6, 6.07) is 3.66. The quantitative estimate of drug-likeness (QED) is 0.886. The van der Waals surface area contributed by atoms with Gasteiger partial charge in [-0.1, -0.05) is 0 Å². The molecule has 1 unspecified atom stereocenters. The molecule has 19 heavy (non-hydrogen) atoms. The number of halogens is 2. The van der Waals surface area contributed by atoms with Crippen molar-refractivity contribution in [2.45, 2.75) is 18.9 Å². The molecule has 104 valence electrons. The molecule has 1 saturated heterocycles. The normalized spacial score (nSPS) is 21.9. The van der Waals surface area contributed by atoms with Crippen molar-refractivity contribution in [1.29, 1.82) is 0 Å². The van der Waals surface area contributed by atoms with Gasteiger partial charge in [0.15, 0.2) is 9.84 Å². The molecule has 1 amide bonds. The zero-order valence-electron chi connectivity index (χ0n) is 10.0. The van der Waals surface area contributed by atoms with Crippen molar-refractivity contribution in [2.75, 3.05) is 11.5 Å². The highest BCUT2D eigenvalue weighted by molar-refractivity contribution is 9.10. The van der Waals surface area contributed by atoms with E-state index in [0.717, 1.165) is 6.07 Å². The molecule has 7 heteroatoms. The van der Waals surface area contributed by atoms with Crippen LogP contribution in [-0.2, 0) is 9.84 Å². The van der Waals surface area contributed by atoms with Gasteiger partial charge < -0.3 is 5.32 Å². The van der Waals surface area contributed by atoms with Crippen LogP contribution in [0.3, 0.4) is 0 Å². The Kier molecular flexibility index (Phi) is 4.25. The number of hydrogen-bond donors (Lipinski definition) is 1. The number of carbonyl (C=O) groups is 1. The molecule has 2 rings (SSSR count). The molecule has 0 aromatic heterocycles. The topological polar surface area (TPSA) is 63.2 Å². The Hall–Kier alpha value is -0.950. The summed E-state index contributed by atoms with van der Waals surface area (Å²) in [5.74, 6) is -0.846. The van der Waals surface area contributed by atoms with Gasteiger partial charge in [0.1, 0.15) is 5.82 Å². The maximum absolute atomic E-state index is 13.3. The maximum Gasteiger partial charge on any atom is 0.251 e. The fourth-order valence-electron chi connectivity index (χ4n) is 2.04. The van der Waals surface area contributed by atoms with Gasteiger partial charge >= 0.3 is 0 Å². The minimum atomic E-state index is -3.07. The van der Waals surface area contributed by atoms with Crippen molar-refractivity contribution in [3.8, 4) is 0 Å². The molecule has 1 heterocycles. The molecule has 4 nitrogen and oxygen atoms in total. The van der Waals surface area contributed by atoms with Gasteiger partial charge in [-0.15, -0.1) is 0 Å². The standard InChI is InChI=1S/C12H13BrFNO3S/c13-10-4-3-8(6-11(10)14)12(16)15-9-2-1-5-19(17,18)7-9/h3-4,6,9H,1-2,5,7H2,(H,15,16). The van der Waals surface area contributed by atoms with Gasteiger partial charge in [-0.05, 0) is 47.0 Å². The number of benzene rings is 1. The van der Waals surface area contributed by atoms with E-state index in [4.69, 9.17) is 0 Å². The monoisotopic (exact) mass is 349 g/mol. The van der Waals surface area contributed by atoms with Crippen LogP contribution in [0.1, 0.15) is 23.2 Å². The third-order valence-electron chi connectivity index (χ3n) is 2.98. The molecule has 0 aliphatic carbocycles. The third kappa shape index (κ3) is 3.76. The molecular weight excluding hydrogens is 337 g/mol. The van der Waals surface area contributed by atoms with E-state index in [1.807, 2.05) is 0 Å². The van der Waals surface area contributed by atoms with E-state index in [1.165, 1.54) is 12.1 Å². The Morgan fingerprint density at radius 2 is 2.16 bits per heavy atom. The summed E-state index contributed by atoms with van der Waals surface area (Å²) in [5, 5.41) is 2.64. The zero-order chi connectivity index (χ0) is 14.0. The minimum Gasteiger partial charge on any atom is -0.348 e. The van der Waals surface area contributed by atoms with E-state index >= 15 is 0 Å². The van der Waals surface area contributed by atoms with Crippen molar-refractivity contribution in [2.24, 2.45) is 0 Å². The van der Waals surface area contributed by atoms with Crippen LogP contribution < -0.4 is 5.32 Å². The zero-order valence-corrected chi connectivity index (χ0v) is 12.4. The fourth-order valence-corrected chi connectivity index (χ4v) is 3.93. The summed E-state index contributed by atoms with van der Waals surface area (Å²) in [5.41, 5.74) is 0.184. The molecule has 0 spiro atoms. The van der Waals surface area contributed by atoms with Crippen LogP contribution in [0.4, 0.5) is 4.39 Å². The van der Waals surface area contributed by atoms with Gasteiger partial charge in [0.25, 0.3) is 5.91 Å². The molecule has 1 aromatic rings. The van der Waals surface area contributed by atoms with Crippen molar-refractivity contribution < 1.29 is 17.6 Å². The summed E-state index contributed by atoms with van der Waals surface area (Å²) in [4.78, 5) is 11.9. The number of nitrogens with one attached hydrogen (secondary N) is 1. The number of sulfone groups is 1. The molecule has 1 N–H and O–H groups in total. The summed E-state index contributed by atoms with van der Waals surface area (Å²) >= 11 is 3.01. The first-order chi connectivity index (χ1) is 8.87. The van der Waals surface area contributed by atoms with Crippen LogP contribution in [0.15, 0.2) is 22.7 Å². The maximum atomic E-state index is 13.3. The second-order valence-corrected chi connectivity index (χ2v) is 7.64. The smallest absolute Gasteiger partial charge is 0.251 e. The highest BCUT2D eigenvalue weighted by Crippen LogP contribution is 2.17. The lowest BCUT2D eigenvalue weighted by atomic mass is 10.1. The minimum absolute atomic E-state index is 0.0439. The van der Waals surface area contributed by atoms with E-state index < -0.39 is 27.6 Å². The first-order valence-corrected chi connectivity index (χ1v) is 8.45. The van der Waals surface area contributed by atoms with E-state index in [2.05, 4.69) is 21.2 Å². The molecule has 0 saturated carbocycles. The SMILES string of the molecule is O=C(NC1CCCS(=O)(=O)C1)c1ccc(Br)c(F)c1. The van der Waals surface area contributed by atoms with Gasteiger partial charge in [0.2, 0.25) is 0 Å². The van der Waals surface area contributed by atoms with Gasteiger partial charge in [0, 0.05) is 11.6 Å². The molecule has 1 fully saturated rings. The van der Waals surface area contributed by atoms with Crippen LogP contribution in [0.2, 0.25) is 0 Å². The van der Waals surface area contributed by atoms with Gasteiger partial charge in [-0.25, -0.2) is 12.8 Å². The van der Waals surface area contributed by atoms with E-state index in [0.29, 0.717) is 12.8 Å². The third-order valence-corrected chi connectivity index (χ3v) is 5.44. The Morgan fingerprint density at radius 3 is 2.79 bits per heavy atom. The lowest BCUT2D eigenvalue weighted by Crippen LogP contribution is -2.43. The molecule has 0 radical (unpaired) electrons. The highest BCUT2D eigenvalue weighted by atomic mass is 79.9. The van der Waals surface area contributed by atoms with E-state index in [9.17, 15) is 17.6 Å². The number of carbonyl (C=O) groups excluding carboxylic acids is 1. The lowest BCUT2D eigenvalue weighted by Gasteiger charge is -2.23. The molecule has 1 atom stereocenters. The molecular formula is C12H13BrFNO3S. The number of rotatable bonds is 2. The Labute approximate surface area is 119 Å². The Bertz CT molecular complexity index is 603. The molecule has 0 bridgehead atoms. The molecule has 1 aliphatic rings. The average molecular weight is 350 g/mol. The van der Waals surface area contributed by atoms with Gasteiger partial charge in [-0.2, -0.15) is 0 Å². The molecule has 1 aromatic carbocycles. The first kappa shape index (κ1) is 14.5. The Morgan fingerprint density at radius 1 is 1.42 bits per heavy atom. The van der Waals surface area contributed by atoms with Crippen LogP contribution in [0.5, 0.6) is 0 Å². The fraction of sp³-hybridized carbons (Fsp3) is 0.417. The lowest BCUT2D eigenvalue weighted by molar-refractivity contribution is 0.0938. The van der Waals surface area contributed by atoms with Gasteiger partial charge in [-0.3, -0.25) is 4.79 Å². The largest absolute Gasteiger partial charge is 0.348 e. The van der Waals surface area contributed by atoms with Crippen LogP contribution in [-0.4, -0.2) is 31.9 Å². The van der Waals surface area contributed by atoms with Crippen LogP contribution in [0, 0.1) is 5.82 Å². The predicted molar refractivity (Wildman–Crippen MR) is 73.2 cm³/mol. The van der Waals surface area contributed by atoms with Crippen molar-refractivity contribution >= 4 is 31.7 Å². The number of amides is 1. The van der Waals surface area contributed by atoms with E-state index in [-0.39, 0.29) is 21.5 Å². The second-order valence-electron chi connectivity index (χ2n) is 4.56. The van der Waals surface area contributed by atoms with Crippen molar-refractivity contribution in [3.63, 3.8) is 0 Å². The number of hydrogen-bond acceptors (Lipinski definition) is 3. The van der Waals surface area contributed by atoms with Crippen molar-refractivity contribution in [1.82, 2.24) is 5.32 Å². The van der Waals surface area contributed by atoms with Crippen LogP contribution >= 0.6 is 15.9 Å². The average Bonchev–Trinajstić information content (AvgIpc) is 2.31. The highest BCUT2D eigenvalue weighted by Gasteiger charge is 2.26. The summed E-state index contributed by atoms with van der Waals surface area (Å²) in [6.07, 6.45) is 1.17. The molecule has 1 aliphatic heterocycles. The summed E-state index contributed by atoms with van der Waals surface area (Å²) in [7, 11) is -3.07. The van der Waals surface area contributed by atoms with Gasteiger partial charge in [0.05, 0.1) is 16.0 Å². The first-order valence-electron chi connectivity index (χ1n) is 5.84. The van der Waals surface area contributed by atoms with E-state index in [1.54, 1.807) is 0 Å². The second kappa shape index (κ2) is 5.58. The summed E-state index contributed by atoms with van der Waals surface area (Å²) in [6.45, 7) is 0. The Balaban J connectivity index is 2.06. The van der Waals surface area contributed by atoms with Crippen LogP contribution in [0.25, 0.3) is 0 Å². The summed E-state index contributed by atoms with van der Waals surface area (Å²) < 4.78 is 36.5. The predicted octanol–water partition coefficient (Wildman–Crippen LogP) is 1.90.